The van der Waals surface area contributed by atoms with Crippen LogP contribution in [0.3, 0.4) is 0 Å². The summed E-state index contributed by atoms with van der Waals surface area (Å²) in [6.45, 7) is 2.95. The summed E-state index contributed by atoms with van der Waals surface area (Å²) in [6.07, 6.45) is 2.21. The lowest BCUT2D eigenvalue weighted by Gasteiger charge is -2.24. The molecule has 0 spiro atoms. The molecule has 3 heteroatoms. The van der Waals surface area contributed by atoms with Gasteiger partial charge in [0.25, 0.3) is 0 Å². The zero-order valence-corrected chi connectivity index (χ0v) is 12.0. The van der Waals surface area contributed by atoms with Crippen molar-refractivity contribution in [3.63, 3.8) is 0 Å². The number of hydrogen-bond donors (Lipinski definition) is 1. The molecule has 96 valence electrons. The van der Waals surface area contributed by atoms with E-state index in [1.165, 1.54) is 10.5 Å². The number of thioether (sulfide) groups is 1. The molecule has 0 aliphatic rings. The summed E-state index contributed by atoms with van der Waals surface area (Å²) < 4.78 is 0. The smallest absolute Gasteiger partial charge is 0.0342 e. The number of hydrogen-bond acceptors (Lipinski definition) is 3. The monoisotopic (exact) mass is 252 g/mol. The summed E-state index contributed by atoms with van der Waals surface area (Å²) in [5, 5.41) is 0. The second-order valence-electron chi connectivity index (χ2n) is 4.41. The van der Waals surface area contributed by atoms with E-state index < -0.39 is 0 Å². The molecule has 0 aliphatic carbocycles. The van der Waals surface area contributed by atoms with Crippen LogP contribution in [0.25, 0.3) is 0 Å². The first-order valence-corrected chi connectivity index (χ1v) is 7.26. The molecule has 2 nitrogen and oxygen atoms in total. The average Bonchev–Trinajstić information content (AvgIpc) is 2.31. The summed E-state index contributed by atoms with van der Waals surface area (Å²) in [5.41, 5.74) is 6.99. The number of nitrogens with zero attached hydrogens (tertiary/aromatic N) is 1. The summed E-state index contributed by atoms with van der Waals surface area (Å²) in [4.78, 5) is 3.63. The van der Waals surface area contributed by atoms with Gasteiger partial charge in [0.2, 0.25) is 0 Å². The first-order chi connectivity index (χ1) is 8.19. The number of nitrogens with two attached hydrogens (primary N) is 1. The van der Waals surface area contributed by atoms with Crippen LogP contribution in [0.5, 0.6) is 0 Å². The van der Waals surface area contributed by atoms with Gasteiger partial charge in [-0.2, -0.15) is 0 Å². The molecule has 0 fully saturated rings. The Hall–Kier alpha value is -0.510. The second kappa shape index (κ2) is 7.75. The van der Waals surface area contributed by atoms with Crippen molar-refractivity contribution in [1.29, 1.82) is 0 Å². The van der Waals surface area contributed by atoms with E-state index >= 15 is 0 Å². The molecule has 1 unspecified atom stereocenters. The Balaban J connectivity index is 2.72. The van der Waals surface area contributed by atoms with Crippen molar-refractivity contribution in [2.45, 2.75) is 30.7 Å². The largest absolute Gasteiger partial charge is 0.330 e. The minimum Gasteiger partial charge on any atom is -0.330 e. The predicted octanol–water partition coefficient (Wildman–Crippen LogP) is 3.14. The van der Waals surface area contributed by atoms with Crippen molar-refractivity contribution >= 4 is 11.8 Å². The predicted molar refractivity (Wildman–Crippen MR) is 77.6 cm³/mol. The Labute approximate surface area is 110 Å². The average molecular weight is 252 g/mol. The summed E-state index contributed by atoms with van der Waals surface area (Å²) >= 11 is 1.89. The van der Waals surface area contributed by atoms with Gasteiger partial charge in [0, 0.05) is 10.9 Å². The first-order valence-electron chi connectivity index (χ1n) is 6.28. The lowest BCUT2D eigenvalue weighted by Crippen LogP contribution is -2.20. The van der Waals surface area contributed by atoms with Gasteiger partial charge in [0.15, 0.2) is 0 Å². The zero-order valence-electron chi connectivity index (χ0n) is 11.1. The fraction of sp³-hybridized carbons (Fsp3) is 0.571. The maximum Gasteiger partial charge on any atom is 0.0342 e. The molecule has 0 aromatic heterocycles. The number of benzene rings is 1. The van der Waals surface area contributed by atoms with Gasteiger partial charge in [-0.05, 0) is 56.9 Å². The van der Waals surface area contributed by atoms with Crippen LogP contribution in [0.1, 0.15) is 31.4 Å². The maximum absolute atomic E-state index is 5.60. The van der Waals surface area contributed by atoms with Gasteiger partial charge < -0.3 is 10.6 Å². The highest BCUT2D eigenvalue weighted by molar-refractivity contribution is 7.99. The van der Waals surface area contributed by atoms with Crippen LogP contribution in [0.15, 0.2) is 29.2 Å². The SMILES string of the molecule is CCSc1ccc(C(CCCN)N(C)C)cc1. The van der Waals surface area contributed by atoms with Gasteiger partial charge in [-0.25, -0.2) is 0 Å². The molecule has 0 bridgehead atoms. The van der Waals surface area contributed by atoms with Crippen molar-refractivity contribution < 1.29 is 0 Å². The van der Waals surface area contributed by atoms with Crippen LogP contribution in [0.4, 0.5) is 0 Å². The van der Waals surface area contributed by atoms with Crippen LogP contribution in [0.2, 0.25) is 0 Å². The molecule has 0 radical (unpaired) electrons. The van der Waals surface area contributed by atoms with Gasteiger partial charge in [0.05, 0.1) is 0 Å². The topological polar surface area (TPSA) is 29.3 Å². The van der Waals surface area contributed by atoms with Gasteiger partial charge in [0.1, 0.15) is 0 Å². The quantitative estimate of drug-likeness (QED) is 0.756. The Morgan fingerprint density at radius 2 is 1.88 bits per heavy atom. The lowest BCUT2D eigenvalue weighted by atomic mass is 10.0. The van der Waals surface area contributed by atoms with Gasteiger partial charge >= 0.3 is 0 Å². The van der Waals surface area contributed by atoms with E-state index in [0.717, 1.165) is 25.1 Å². The molecule has 0 heterocycles. The van der Waals surface area contributed by atoms with Gasteiger partial charge in [-0.15, -0.1) is 11.8 Å². The van der Waals surface area contributed by atoms with Crippen molar-refractivity contribution in [3.05, 3.63) is 29.8 Å². The lowest BCUT2D eigenvalue weighted by molar-refractivity contribution is 0.280. The van der Waals surface area contributed by atoms with E-state index in [4.69, 9.17) is 5.73 Å². The summed E-state index contributed by atoms with van der Waals surface area (Å²) in [7, 11) is 4.27. The standard InChI is InChI=1S/C14H24N2S/c1-4-17-13-9-7-12(8-10-13)14(16(2)3)6-5-11-15/h7-10,14H,4-6,11,15H2,1-3H3. The summed E-state index contributed by atoms with van der Waals surface area (Å²) in [6, 6.07) is 9.43. The highest BCUT2D eigenvalue weighted by atomic mass is 32.2. The Kier molecular flexibility index (Phi) is 6.63. The fourth-order valence-electron chi connectivity index (χ4n) is 1.99. The van der Waals surface area contributed by atoms with Crippen LogP contribution in [0, 0.1) is 0 Å². The maximum atomic E-state index is 5.60. The minimum atomic E-state index is 0.485. The molecule has 17 heavy (non-hydrogen) atoms. The molecule has 1 aromatic carbocycles. The molecular weight excluding hydrogens is 228 g/mol. The van der Waals surface area contributed by atoms with Crippen molar-refractivity contribution in [2.75, 3.05) is 26.4 Å². The third-order valence-corrected chi connectivity index (χ3v) is 3.78. The third kappa shape index (κ3) is 4.70. The fourth-order valence-corrected chi connectivity index (χ4v) is 2.65. The second-order valence-corrected chi connectivity index (χ2v) is 5.75. The molecule has 1 atom stereocenters. The molecule has 1 aromatic rings. The van der Waals surface area contributed by atoms with Gasteiger partial charge in [-0.1, -0.05) is 19.1 Å². The van der Waals surface area contributed by atoms with Crippen LogP contribution in [-0.2, 0) is 0 Å². The molecule has 0 amide bonds. The Bertz CT molecular complexity index is 309. The molecule has 1 rings (SSSR count). The van der Waals surface area contributed by atoms with E-state index in [1.807, 2.05) is 11.8 Å². The van der Waals surface area contributed by atoms with E-state index in [0.29, 0.717) is 6.04 Å². The van der Waals surface area contributed by atoms with Crippen molar-refractivity contribution in [2.24, 2.45) is 5.73 Å². The zero-order chi connectivity index (χ0) is 12.7. The van der Waals surface area contributed by atoms with E-state index in [2.05, 4.69) is 50.2 Å². The van der Waals surface area contributed by atoms with Gasteiger partial charge in [-0.3, -0.25) is 0 Å². The van der Waals surface area contributed by atoms with E-state index in [1.54, 1.807) is 0 Å². The molecular formula is C14H24N2S. The molecule has 0 saturated heterocycles. The van der Waals surface area contributed by atoms with Crippen molar-refractivity contribution in [3.8, 4) is 0 Å². The highest BCUT2D eigenvalue weighted by Crippen LogP contribution is 2.26. The van der Waals surface area contributed by atoms with Crippen LogP contribution >= 0.6 is 11.8 Å². The van der Waals surface area contributed by atoms with E-state index in [-0.39, 0.29) is 0 Å². The highest BCUT2D eigenvalue weighted by Gasteiger charge is 2.13. The molecule has 0 aliphatic heterocycles. The Morgan fingerprint density at radius 1 is 1.24 bits per heavy atom. The minimum absolute atomic E-state index is 0.485. The van der Waals surface area contributed by atoms with Crippen LogP contribution in [-0.4, -0.2) is 31.3 Å². The van der Waals surface area contributed by atoms with Crippen molar-refractivity contribution in [1.82, 2.24) is 4.90 Å². The third-order valence-electron chi connectivity index (χ3n) is 2.88. The Morgan fingerprint density at radius 3 is 2.35 bits per heavy atom. The van der Waals surface area contributed by atoms with Crippen LogP contribution < -0.4 is 5.73 Å². The molecule has 2 N–H and O–H groups in total. The normalized spacial score (nSPS) is 13.0. The number of rotatable bonds is 7. The first kappa shape index (κ1) is 14.6. The molecule has 0 saturated carbocycles. The van der Waals surface area contributed by atoms with E-state index in [9.17, 15) is 0 Å². The summed E-state index contributed by atoms with van der Waals surface area (Å²) in [5.74, 6) is 1.13.